The van der Waals surface area contributed by atoms with Crippen molar-refractivity contribution in [2.24, 2.45) is 0 Å². The molecule has 1 aromatic heterocycles. The van der Waals surface area contributed by atoms with Crippen LogP contribution in [-0.2, 0) is 14.3 Å². The van der Waals surface area contributed by atoms with Crippen LogP contribution in [0.25, 0.3) is 17.0 Å². The summed E-state index contributed by atoms with van der Waals surface area (Å²) in [6, 6.07) is 3.63. The topological polar surface area (TPSA) is 93.9 Å². The van der Waals surface area contributed by atoms with E-state index in [0.29, 0.717) is 22.7 Å². The Balaban J connectivity index is 1.96. The third-order valence-electron chi connectivity index (χ3n) is 3.98. The monoisotopic (exact) mass is 387 g/mol. The number of esters is 1. The molecule has 1 aromatic carbocycles. The molecule has 1 saturated heterocycles. The van der Waals surface area contributed by atoms with Crippen molar-refractivity contribution in [3.8, 4) is 0 Å². The predicted octanol–water partition coefficient (Wildman–Crippen LogP) is 3.01. The Labute approximate surface area is 159 Å². The van der Waals surface area contributed by atoms with Gasteiger partial charge in [0.1, 0.15) is 18.4 Å². The van der Waals surface area contributed by atoms with E-state index in [1.54, 1.807) is 13.0 Å². The summed E-state index contributed by atoms with van der Waals surface area (Å²) in [6.07, 6.45) is 2.59. The van der Waals surface area contributed by atoms with Gasteiger partial charge < -0.3 is 9.15 Å². The molecule has 1 aliphatic heterocycles. The van der Waals surface area contributed by atoms with Crippen LogP contribution < -0.4 is 5.43 Å². The molecule has 3 rings (SSSR count). The van der Waals surface area contributed by atoms with Crippen LogP contribution in [0.4, 0.5) is 4.79 Å². The maximum Gasteiger partial charge on any atom is 0.326 e. The van der Waals surface area contributed by atoms with Crippen LogP contribution in [0.1, 0.15) is 23.6 Å². The lowest BCUT2D eigenvalue weighted by molar-refractivity contribution is -0.145. The molecule has 2 aromatic rings. The molecule has 0 unspecified atom stereocenters. The summed E-state index contributed by atoms with van der Waals surface area (Å²) in [6.45, 7) is 5.05. The number of amides is 2. The van der Waals surface area contributed by atoms with Crippen molar-refractivity contribution in [3.63, 3.8) is 0 Å². The zero-order chi connectivity index (χ0) is 19.7. The lowest BCUT2D eigenvalue weighted by atomic mass is 10.1. The summed E-state index contributed by atoms with van der Waals surface area (Å²) in [7, 11) is 0. The molecule has 2 heterocycles. The minimum Gasteiger partial charge on any atom is -0.465 e. The van der Waals surface area contributed by atoms with Gasteiger partial charge >= 0.3 is 5.97 Å². The lowest BCUT2D eigenvalue weighted by Crippen LogP contribution is -2.34. The predicted molar refractivity (Wildman–Crippen MR) is 101 cm³/mol. The van der Waals surface area contributed by atoms with E-state index < -0.39 is 23.7 Å². The van der Waals surface area contributed by atoms with E-state index in [1.165, 1.54) is 12.3 Å². The number of hydrogen-bond acceptors (Lipinski definition) is 7. The highest BCUT2D eigenvalue weighted by Crippen LogP contribution is 2.32. The van der Waals surface area contributed by atoms with E-state index in [1.807, 2.05) is 19.9 Å². The molecule has 7 nitrogen and oxygen atoms in total. The maximum absolute atomic E-state index is 12.8. The van der Waals surface area contributed by atoms with Gasteiger partial charge in [-0.25, -0.2) is 0 Å². The van der Waals surface area contributed by atoms with Gasteiger partial charge in [-0.3, -0.25) is 24.1 Å². The van der Waals surface area contributed by atoms with Gasteiger partial charge in [0.2, 0.25) is 0 Å². The summed E-state index contributed by atoms with van der Waals surface area (Å²) in [5.41, 5.74) is 2.11. The first-order chi connectivity index (χ1) is 12.8. The summed E-state index contributed by atoms with van der Waals surface area (Å²) in [4.78, 5) is 49.6. The van der Waals surface area contributed by atoms with Gasteiger partial charge in [0.05, 0.1) is 22.5 Å². The highest BCUT2D eigenvalue weighted by molar-refractivity contribution is 8.18. The largest absolute Gasteiger partial charge is 0.465 e. The van der Waals surface area contributed by atoms with Crippen LogP contribution in [0.5, 0.6) is 0 Å². The minimum absolute atomic E-state index is 0.0559. The van der Waals surface area contributed by atoms with E-state index in [-0.39, 0.29) is 22.5 Å². The molecular weight excluding hydrogens is 370 g/mol. The van der Waals surface area contributed by atoms with E-state index in [9.17, 15) is 19.2 Å². The first kappa shape index (κ1) is 18.9. The molecule has 0 saturated carbocycles. The molecule has 0 radical (unpaired) electrons. The zero-order valence-corrected chi connectivity index (χ0v) is 15.8. The zero-order valence-electron chi connectivity index (χ0n) is 15.0. The fourth-order valence-electron chi connectivity index (χ4n) is 2.82. The average Bonchev–Trinajstić information content (AvgIpc) is 2.85. The minimum atomic E-state index is -0.669. The Morgan fingerprint density at radius 3 is 2.70 bits per heavy atom. The van der Waals surface area contributed by atoms with Crippen LogP contribution in [0.2, 0.25) is 0 Å². The number of rotatable bonds is 4. The second kappa shape index (κ2) is 7.40. The van der Waals surface area contributed by atoms with Crippen molar-refractivity contribution >= 4 is 45.9 Å². The van der Waals surface area contributed by atoms with Crippen molar-refractivity contribution in [2.75, 3.05) is 13.2 Å². The Kier molecular flexibility index (Phi) is 5.18. The second-order valence-electron chi connectivity index (χ2n) is 6.05. The van der Waals surface area contributed by atoms with Crippen molar-refractivity contribution < 1.29 is 23.5 Å². The number of thioether (sulfide) groups is 1. The number of aryl methyl sites for hydroxylation is 2. The second-order valence-corrected chi connectivity index (χ2v) is 7.04. The molecule has 140 valence electrons. The molecule has 0 spiro atoms. The molecule has 0 aliphatic carbocycles. The third kappa shape index (κ3) is 3.66. The molecule has 8 heteroatoms. The molecule has 0 atom stereocenters. The summed E-state index contributed by atoms with van der Waals surface area (Å²) < 4.78 is 10.3. The summed E-state index contributed by atoms with van der Waals surface area (Å²) >= 11 is 0.667. The van der Waals surface area contributed by atoms with Crippen LogP contribution in [0.15, 0.2) is 32.5 Å². The van der Waals surface area contributed by atoms with Crippen molar-refractivity contribution in [2.45, 2.75) is 20.8 Å². The molecule has 27 heavy (non-hydrogen) atoms. The summed E-state index contributed by atoms with van der Waals surface area (Å²) in [5.74, 6) is -1.31. The SMILES string of the molecule is CCOC(=O)CN1C(=O)S/C(=C/c2coc3c(C)cc(C)cc3c2=O)C1=O. The first-order valence-electron chi connectivity index (χ1n) is 8.25. The highest BCUT2D eigenvalue weighted by atomic mass is 32.2. The number of carbonyl (C=O) groups excluding carboxylic acids is 3. The molecule has 0 bridgehead atoms. The van der Waals surface area contributed by atoms with Crippen LogP contribution >= 0.6 is 11.8 Å². The van der Waals surface area contributed by atoms with Crippen molar-refractivity contribution in [3.05, 3.63) is 50.2 Å². The van der Waals surface area contributed by atoms with E-state index >= 15 is 0 Å². The molecular formula is C19H17NO6S. The van der Waals surface area contributed by atoms with Gasteiger partial charge in [-0.15, -0.1) is 0 Å². The standard InChI is InChI=1S/C19H17NO6S/c1-4-25-15(21)8-20-18(23)14(27-19(20)24)7-12-9-26-17-11(3)5-10(2)6-13(17)16(12)22/h5-7,9H,4,8H2,1-3H3/b14-7+. The fourth-order valence-corrected chi connectivity index (χ4v) is 3.65. The number of imide groups is 1. The van der Waals surface area contributed by atoms with Gasteiger partial charge in [0, 0.05) is 0 Å². The Morgan fingerprint density at radius 2 is 2.00 bits per heavy atom. The lowest BCUT2D eigenvalue weighted by Gasteiger charge is -2.10. The maximum atomic E-state index is 12.8. The number of benzene rings is 1. The Morgan fingerprint density at radius 1 is 1.26 bits per heavy atom. The van der Waals surface area contributed by atoms with Gasteiger partial charge in [0.15, 0.2) is 5.43 Å². The van der Waals surface area contributed by atoms with E-state index in [0.717, 1.165) is 16.0 Å². The Bertz CT molecular complexity index is 1050. The van der Waals surface area contributed by atoms with Gasteiger partial charge in [-0.1, -0.05) is 6.07 Å². The van der Waals surface area contributed by atoms with Crippen LogP contribution in [-0.4, -0.2) is 35.2 Å². The Hall–Kier alpha value is -2.87. The molecule has 1 aliphatic rings. The van der Waals surface area contributed by atoms with E-state index in [2.05, 4.69) is 0 Å². The van der Waals surface area contributed by atoms with Crippen molar-refractivity contribution in [1.82, 2.24) is 4.90 Å². The molecule has 1 fully saturated rings. The van der Waals surface area contributed by atoms with Crippen LogP contribution in [0.3, 0.4) is 0 Å². The number of nitrogens with zero attached hydrogens (tertiary/aromatic N) is 1. The highest BCUT2D eigenvalue weighted by Gasteiger charge is 2.36. The summed E-state index contributed by atoms with van der Waals surface area (Å²) in [5, 5.41) is -0.178. The third-order valence-corrected chi connectivity index (χ3v) is 4.89. The van der Waals surface area contributed by atoms with Gasteiger partial charge in [0.25, 0.3) is 11.1 Å². The van der Waals surface area contributed by atoms with Gasteiger partial charge in [-0.05, 0) is 55.8 Å². The first-order valence-corrected chi connectivity index (χ1v) is 9.07. The number of carbonyl (C=O) groups is 3. The molecule has 2 amide bonds. The fraction of sp³-hybridized carbons (Fsp3) is 0.263. The number of fused-ring (bicyclic) bond motifs is 1. The van der Waals surface area contributed by atoms with Crippen molar-refractivity contribution in [1.29, 1.82) is 0 Å². The number of hydrogen-bond donors (Lipinski definition) is 0. The molecule has 0 N–H and O–H groups in total. The van der Waals surface area contributed by atoms with Crippen LogP contribution in [0, 0.1) is 13.8 Å². The normalized spacial score (nSPS) is 15.8. The van der Waals surface area contributed by atoms with E-state index in [4.69, 9.17) is 9.15 Å². The van der Waals surface area contributed by atoms with Gasteiger partial charge in [-0.2, -0.15) is 0 Å². The average molecular weight is 387 g/mol. The number of ether oxygens (including phenoxy) is 1. The quantitative estimate of drug-likeness (QED) is 0.588. The smallest absolute Gasteiger partial charge is 0.326 e.